The summed E-state index contributed by atoms with van der Waals surface area (Å²) in [5.41, 5.74) is -1.07. The van der Waals surface area contributed by atoms with Gasteiger partial charge in [-0.2, -0.15) is 13.8 Å². The summed E-state index contributed by atoms with van der Waals surface area (Å²) >= 11 is 6.10. The molecule has 2 aliphatic heterocycles. The number of hydrogen-bond donors (Lipinski definition) is 1. The Labute approximate surface area is 208 Å². The normalized spacial score (nSPS) is 26.8. The minimum absolute atomic E-state index is 0.0738. The van der Waals surface area contributed by atoms with Gasteiger partial charge in [-0.05, 0) is 25.1 Å². The molecule has 0 radical (unpaired) electrons. The minimum atomic E-state index is -4.20. The molecule has 2 aliphatic rings. The Hall–Kier alpha value is -2.61. The zero-order valence-corrected chi connectivity index (χ0v) is 20.8. The molecule has 0 bridgehead atoms. The third kappa shape index (κ3) is 4.84. The van der Waals surface area contributed by atoms with Crippen LogP contribution in [0.2, 0.25) is 5.02 Å². The second-order valence-electron chi connectivity index (χ2n) is 7.54. The molecule has 12 nitrogen and oxygen atoms in total. The number of rotatable bonds is 7. The van der Waals surface area contributed by atoms with Gasteiger partial charge in [-0.15, -0.1) is 0 Å². The highest BCUT2D eigenvalue weighted by Gasteiger charge is 2.65. The Kier molecular flexibility index (Phi) is 7.37. The summed E-state index contributed by atoms with van der Waals surface area (Å²) < 4.78 is 73.4. The topological polar surface area (TPSA) is 136 Å². The molecule has 3 heterocycles. The van der Waals surface area contributed by atoms with Crippen LogP contribution < -0.4 is 20.5 Å². The highest BCUT2D eigenvalue weighted by atomic mass is 35.5. The highest BCUT2D eigenvalue weighted by molar-refractivity contribution is 7.48. The number of carbonyl (C=O) groups excluding carboxylic acids is 1. The molecule has 0 aliphatic carbocycles. The summed E-state index contributed by atoms with van der Waals surface area (Å²) in [7, 11) is -1.49. The number of benzene rings is 1. The number of halogens is 3. The maximum Gasteiger partial charge on any atom is 0.475 e. The molecule has 196 valence electrons. The van der Waals surface area contributed by atoms with Crippen molar-refractivity contribution in [1.82, 2.24) is 9.55 Å². The number of methoxy groups -OCH3 is 2. The van der Waals surface area contributed by atoms with Crippen molar-refractivity contribution in [2.45, 2.75) is 31.3 Å². The number of anilines is 1. The zero-order valence-electron chi connectivity index (χ0n) is 19.1. The van der Waals surface area contributed by atoms with Gasteiger partial charge in [0.1, 0.15) is 28.4 Å². The van der Waals surface area contributed by atoms with Gasteiger partial charge in [-0.1, -0.05) is 11.6 Å². The van der Waals surface area contributed by atoms with Crippen LogP contribution in [0, 0.1) is 0 Å². The van der Waals surface area contributed by atoms with Gasteiger partial charge in [-0.3, -0.25) is 22.9 Å². The van der Waals surface area contributed by atoms with Crippen molar-refractivity contribution in [2.24, 2.45) is 0 Å². The molecule has 2 aromatic rings. The maximum atomic E-state index is 15.1. The summed E-state index contributed by atoms with van der Waals surface area (Å²) in [6, 6.07) is 3.83. The molecule has 1 amide bonds. The van der Waals surface area contributed by atoms with Crippen LogP contribution in [0.1, 0.15) is 23.5 Å². The van der Waals surface area contributed by atoms with E-state index in [2.05, 4.69) is 10.3 Å². The van der Waals surface area contributed by atoms with Crippen molar-refractivity contribution in [2.75, 3.05) is 32.8 Å². The van der Waals surface area contributed by atoms with Crippen molar-refractivity contribution >= 4 is 31.1 Å². The van der Waals surface area contributed by atoms with Gasteiger partial charge in [0.15, 0.2) is 6.10 Å². The first-order valence-electron chi connectivity index (χ1n) is 10.5. The number of carbonyl (C=O) groups is 1. The average molecular weight is 552 g/mol. The van der Waals surface area contributed by atoms with E-state index in [1.807, 2.05) is 0 Å². The molecule has 16 heteroatoms. The van der Waals surface area contributed by atoms with E-state index < -0.39 is 50.4 Å². The SMILES string of the molecule is CCOP1(=O)OC[C@H]2OC(n3ccc(NC(=O)c4cc(OC)c(Cl)c(OC)c4)nc3=O)C(F)(F)[C@@H]2O1. The summed E-state index contributed by atoms with van der Waals surface area (Å²) in [4.78, 5) is 28.9. The number of fused-ring (bicyclic) bond motifs is 1. The van der Waals surface area contributed by atoms with Crippen LogP contribution in [0.25, 0.3) is 0 Å². The number of phosphoric ester groups is 1. The van der Waals surface area contributed by atoms with Crippen molar-refractivity contribution < 1.29 is 45.9 Å². The minimum Gasteiger partial charge on any atom is -0.495 e. The number of amides is 1. The summed E-state index contributed by atoms with van der Waals surface area (Å²) in [6.07, 6.45) is -4.44. The van der Waals surface area contributed by atoms with Crippen molar-refractivity contribution in [3.05, 3.63) is 45.5 Å². The molecule has 4 rings (SSSR count). The number of phosphoric acid groups is 1. The number of aromatic nitrogens is 2. The second-order valence-corrected chi connectivity index (χ2v) is 9.54. The fourth-order valence-electron chi connectivity index (χ4n) is 3.64. The van der Waals surface area contributed by atoms with E-state index in [9.17, 15) is 14.2 Å². The van der Waals surface area contributed by atoms with Crippen molar-refractivity contribution in [3.63, 3.8) is 0 Å². The Balaban J connectivity index is 1.54. The van der Waals surface area contributed by atoms with E-state index in [0.717, 1.165) is 12.3 Å². The van der Waals surface area contributed by atoms with E-state index in [1.165, 1.54) is 33.3 Å². The molecule has 0 spiro atoms. The van der Waals surface area contributed by atoms with Gasteiger partial charge in [0, 0.05) is 11.8 Å². The van der Waals surface area contributed by atoms with Gasteiger partial charge in [0.25, 0.3) is 5.91 Å². The van der Waals surface area contributed by atoms with Gasteiger partial charge < -0.3 is 19.5 Å². The summed E-state index contributed by atoms with van der Waals surface area (Å²) in [5, 5.41) is 2.55. The molecule has 0 saturated carbocycles. The Morgan fingerprint density at radius 3 is 2.58 bits per heavy atom. The largest absolute Gasteiger partial charge is 0.495 e. The van der Waals surface area contributed by atoms with Crippen molar-refractivity contribution in [1.29, 1.82) is 0 Å². The smallest absolute Gasteiger partial charge is 0.475 e. The first-order valence-corrected chi connectivity index (χ1v) is 12.3. The molecule has 1 N–H and O–H groups in total. The Morgan fingerprint density at radius 1 is 1.33 bits per heavy atom. The van der Waals surface area contributed by atoms with E-state index in [1.54, 1.807) is 0 Å². The summed E-state index contributed by atoms with van der Waals surface area (Å²) in [6.45, 7) is 0.922. The highest BCUT2D eigenvalue weighted by Crippen LogP contribution is 2.59. The Morgan fingerprint density at radius 2 is 2.00 bits per heavy atom. The predicted octanol–water partition coefficient (Wildman–Crippen LogP) is 3.26. The molecule has 2 unspecified atom stereocenters. The van der Waals surface area contributed by atoms with Gasteiger partial charge in [-0.25, -0.2) is 9.36 Å². The first-order chi connectivity index (χ1) is 17.0. The third-order valence-electron chi connectivity index (χ3n) is 5.31. The summed E-state index contributed by atoms with van der Waals surface area (Å²) in [5.74, 6) is -4.35. The fourth-order valence-corrected chi connectivity index (χ4v) is 5.30. The molecule has 4 atom stereocenters. The number of alkyl halides is 2. The second kappa shape index (κ2) is 10.0. The standard InChI is InChI=1S/C20H21ClF2N3O9P/c1-4-32-36(29)33-9-13-16(35-36)20(22,23)18(34-13)26-6-5-14(25-19(26)28)24-17(27)10-7-11(30-2)15(21)12(8-10)31-3/h5-8,13,16,18H,4,9H2,1-3H3,(H,24,25,27,28)/t13-,16-,18?,36?/m1/s1. The molecule has 1 aromatic heterocycles. The van der Waals surface area contributed by atoms with Gasteiger partial charge in [0.2, 0.25) is 6.23 Å². The lowest BCUT2D eigenvalue weighted by atomic mass is 10.1. The third-order valence-corrected chi connectivity index (χ3v) is 7.21. The first kappa shape index (κ1) is 26.5. The Bertz CT molecular complexity index is 1250. The monoisotopic (exact) mass is 551 g/mol. The van der Waals surface area contributed by atoms with Gasteiger partial charge >= 0.3 is 19.4 Å². The molecule has 2 saturated heterocycles. The average Bonchev–Trinajstić information content (AvgIpc) is 3.08. The maximum absolute atomic E-state index is 15.1. The lowest BCUT2D eigenvalue weighted by Crippen LogP contribution is -2.45. The van der Waals surface area contributed by atoms with Crippen LogP contribution in [-0.2, 0) is 22.9 Å². The zero-order chi connectivity index (χ0) is 26.3. The van der Waals surface area contributed by atoms with E-state index in [4.69, 9.17) is 39.4 Å². The van der Waals surface area contributed by atoms with E-state index in [0.29, 0.717) is 4.57 Å². The molecule has 2 fully saturated rings. The van der Waals surface area contributed by atoms with E-state index >= 15 is 8.78 Å². The molecular weight excluding hydrogens is 531 g/mol. The molecule has 36 heavy (non-hydrogen) atoms. The van der Waals surface area contributed by atoms with Crippen LogP contribution in [0.5, 0.6) is 11.5 Å². The molecule has 1 aromatic carbocycles. The number of nitrogens with one attached hydrogen (secondary N) is 1. The van der Waals surface area contributed by atoms with Crippen LogP contribution in [0.3, 0.4) is 0 Å². The van der Waals surface area contributed by atoms with Crippen LogP contribution in [0.15, 0.2) is 29.2 Å². The van der Waals surface area contributed by atoms with Gasteiger partial charge in [0.05, 0.1) is 27.4 Å². The lowest BCUT2D eigenvalue weighted by Gasteiger charge is -2.31. The van der Waals surface area contributed by atoms with Crippen LogP contribution in [-0.4, -0.2) is 61.0 Å². The van der Waals surface area contributed by atoms with Crippen molar-refractivity contribution in [3.8, 4) is 11.5 Å². The van der Waals surface area contributed by atoms with E-state index in [-0.39, 0.29) is 34.5 Å². The van der Waals surface area contributed by atoms with Crippen LogP contribution >= 0.6 is 19.4 Å². The van der Waals surface area contributed by atoms with Crippen LogP contribution in [0.4, 0.5) is 14.6 Å². The number of nitrogens with zero attached hydrogens (tertiary/aromatic N) is 2. The fraction of sp³-hybridized carbons (Fsp3) is 0.450. The lowest BCUT2D eigenvalue weighted by molar-refractivity contribution is -0.138. The number of ether oxygens (including phenoxy) is 3. The quantitative estimate of drug-likeness (QED) is 0.511. The number of hydrogen-bond acceptors (Lipinski definition) is 10. The molecular formula is C20H21ClF2N3O9P. The predicted molar refractivity (Wildman–Crippen MR) is 120 cm³/mol.